The van der Waals surface area contributed by atoms with Crippen LogP contribution in [0.4, 0.5) is 4.39 Å². The van der Waals surface area contributed by atoms with Crippen LogP contribution in [0.2, 0.25) is 0 Å². The predicted octanol–water partition coefficient (Wildman–Crippen LogP) is 4.66. The van der Waals surface area contributed by atoms with E-state index < -0.39 is 0 Å². The van der Waals surface area contributed by atoms with Crippen molar-refractivity contribution in [1.29, 1.82) is 0 Å². The highest BCUT2D eigenvalue weighted by molar-refractivity contribution is 9.10. The largest absolute Gasteiger partial charge is 0.306 e. The zero-order chi connectivity index (χ0) is 13.1. The van der Waals surface area contributed by atoms with Crippen LogP contribution in [0.3, 0.4) is 0 Å². The summed E-state index contributed by atoms with van der Waals surface area (Å²) < 4.78 is 14.5. The van der Waals surface area contributed by atoms with Crippen LogP contribution in [0.5, 0.6) is 0 Å². The standard InChI is InChI=1S/C14H15BrFNS/c1-3-17-13(14-12(15)6-7-18-14)11-8-10(16)5-4-9(11)2/h4-8,13,17H,3H2,1-2H3. The van der Waals surface area contributed by atoms with Crippen LogP contribution < -0.4 is 5.32 Å². The van der Waals surface area contributed by atoms with Crippen molar-refractivity contribution >= 4 is 27.3 Å². The van der Waals surface area contributed by atoms with Gasteiger partial charge in [-0.05, 0) is 64.1 Å². The highest BCUT2D eigenvalue weighted by Gasteiger charge is 2.19. The molecule has 1 heterocycles. The van der Waals surface area contributed by atoms with Crippen LogP contribution in [0, 0.1) is 12.7 Å². The first-order valence-electron chi connectivity index (χ1n) is 5.85. The van der Waals surface area contributed by atoms with Crippen molar-refractivity contribution in [1.82, 2.24) is 5.32 Å². The number of rotatable bonds is 4. The Kier molecular flexibility index (Phi) is 4.54. The van der Waals surface area contributed by atoms with Crippen LogP contribution in [-0.4, -0.2) is 6.54 Å². The van der Waals surface area contributed by atoms with Gasteiger partial charge in [-0.2, -0.15) is 0 Å². The second kappa shape index (κ2) is 5.95. The molecule has 2 rings (SSSR count). The summed E-state index contributed by atoms with van der Waals surface area (Å²) in [5.41, 5.74) is 2.10. The second-order valence-corrected chi connectivity index (χ2v) is 5.93. The van der Waals surface area contributed by atoms with E-state index in [-0.39, 0.29) is 11.9 Å². The van der Waals surface area contributed by atoms with Gasteiger partial charge in [0.1, 0.15) is 5.82 Å². The highest BCUT2D eigenvalue weighted by atomic mass is 79.9. The molecule has 0 amide bonds. The molecule has 1 aromatic heterocycles. The molecule has 0 aliphatic rings. The predicted molar refractivity (Wildman–Crippen MR) is 78.7 cm³/mol. The van der Waals surface area contributed by atoms with Crippen molar-refractivity contribution in [3.63, 3.8) is 0 Å². The van der Waals surface area contributed by atoms with E-state index in [4.69, 9.17) is 0 Å². The van der Waals surface area contributed by atoms with Gasteiger partial charge in [-0.1, -0.05) is 13.0 Å². The number of benzene rings is 1. The van der Waals surface area contributed by atoms with Gasteiger partial charge in [0, 0.05) is 9.35 Å². The third-order valence-electron chi connectivity index (χ3n) is 2.87. The Morgan fingerprint density at radius 3 is 2.78 bits per heavy atom. The van der Waals surface area contributed by atoms with Crippen LogP contribution in [-0.2, 0) is 0 Å². The molecule has 0 radical (unpaired) electrons. The first kappa shape index (κ1) is 13.7. The lowest BCUT2D eigenvalue weighted by molar-refractivity contribution is 0.604. The van der Waals surface area contributed by atoms with Crippen molar-refractivity contribution in [3.8, 4) is 0 Å². The first-order valence-corrected chi connectivity index (χ1v) is 7.53. The van der Waals surface area contributed by atoms with Gasteiger partial charge in [0.25, 0.3) is 0 Å². The van der Waals surface area contributed by atoms with Crippen molar-refractivity contribution in [2.75, 3.05) is 6.54 Å². The third-order valence-corrected chi connectivity index (χ3v) is 4.80. The average Bonchev–Trinajstić information content (AvgIpc) is 2.76. The molecule has 96 valence electrons. The number of halogens is 2. The molecule has 0 fully saturated rings. The van der Waals surface area contributed by atoms with E-state index in [2.05, 4.69) is 28.2 Å². The average molecular weight is 328 g/mol. The number of nitrogens with one attached hydrogen (secondary N) is 1. The van der Waals surface area contributed by atoms with Crippen molar-refractivity contribution < 1.29 is 4.39 Å². The molecule has 0 saturated carbocycles. The minimum atomic E-state index is -0.189. The van der Waals surface area contributed by atoms with Crippen LogP contribution >= 0.6 is 27.3 Å². The molecule has 4 heteroatoms. The van der Waals surface area contributed by atoms with Crippen molar-refractivity contribution in [2.45, 2.75) is 19.9 Å². The summed E-state index contributed by atoms with van der Waals surface area (Å²) in [7, 11) is 0. The fourth-order valence-corrected chi connectivity index (χ4v) is 3.68. The van der Waals surface area contributed by atoms with E-state index in [1.165, 1.54) is 10.9 Å². The lowest BCUT2D eigenvalue weighted by atomic mass is 10.00. The van der Waals surface area contributed by atoms with E-state index in [1.54, 1.807) is 17.4 Å². The summed E-state index contributed by atoms with van der Waals surface area (Å²) in [5, 5.41) is 5.46. The van der Waals surface area contributed by atoms with E-state index >= 15 is 0 Å². The topological polar surface area (TPSA) is 12.0 Å². The summed E-state index contributed by atoms with van der Waals surface area (Å²) in [6, 6.07) is 7.02. The van der Waals surface area contributed by atoms with Gasteiger partial charge in [0.05, 0.1) is 6.04 Å². The van der Waals surface area contributed by atoms with Gasteiger partial charge in [0.15, 0.2) is 0 Å². The Bertz CT molecular complexity index is 538. The first-order chi connectivity index (χ1) is 8.63. The van der Waals surface area contributed by atoms with Gasteiger partial charge >= 0.3 is 0 Å². The summed E-state index contributed by atoms with van der Waals surface area (Å²) in [5.74, 6) is -0.189. The summed E-state index contributed by atoms with van der Waals surface area (Å²) in [6.07, 6.45) is 0. The molecule has 0 bridgehead atoms. The molecule has 1 unspecified atom stereocenters. The maximum atomic E-state index is 13.5. The number of hydrogen-bond acceptors (Lipinski definition) is 2. The van der Waals surface area contributed by atoms with E-state index in [1.807, 2.05) is 24.4 Å². The molecule has 1 nitrogen and oxygen atoms in total. The summed E-state index contributed by atoms with van der Waals surface area (Å²) in [6.45, 7) is 4.91. The van der Waals surface area contributed by atoms with Crippen LogP contribution in [0.25, 0.3) is 0 Å². The highest BCUT2D eigenvalue weighted by Crippen LogP contribution is 2.34. The Morgan fingerprint density at radius 1 is 1.39 bits per heavy atom. The Hall–Kier alpha value is -0.710. The molecule has 0 aliphatic heterocycles. The van der Waals surface area contributed by atoms with E-state index in [0.717, 1.165) is 22.1 Å². The fraction of sp³-hybridized carbons (Fsp3) is 0.286. The van der Waals surface area contributed by atoms with Gasteiger partial charge in [0.2, 0.25) is 0 Å². The number of aryl methyl sites for hydroxylation is 1. The monoisotopic (exact) mass is 327 g/mol. The normalized spacial score (nSPS) is 12.7. The molecule has 2 aromatic rings. The van der Waals surface area contributed by atoms with Gasteiger partial charge in [-0.3, -0.25) is 0 Å². The maximum Gasteiger partial charge on any atom is 0.123 e. The molecule has 1 atom stereocenters. The molecule has 0 aliphatic carbocycles. The third kappa shape index (κ3) is 2.82. The molecular formula is C14H15BrFNS. The summed E-state index contributed by atoms with van der Waals surface area (Å²) in [4.78, 5) is 1.19. The van der Waals surface area contributed by atoms with Gasteiger partial charge in [-0.15, -0.1) is 11.3 Å². The maximum absolute atomic E-state index is 13.5. The minimum absolute atomic E-state index is 0.0417. The summed E-state index contributed by atoms with van der Waals surface area (Å²) >= 11 is 5.23. The quantitative estimate of drug-likeness (QED) is 0.861. The van der Waals surface area contributed by atoms with Crippen molar-refractivity contribution in [3.05, 3.63) is 55.9 Å². The zero-order valence-electron chi connectivity index (χ0n) is 10.3. The lowest BCUT2D eigenvalue weighted by Crippen LogP contribution is -2.22. The van der Waals surface area contributed by atoms with E-state index in [0.29, 0.717) is 0 Å². The zero-order valence-corrected chi connectivity index (χ0v) is 12.7. The Morgan fingerprint density at radius 2 is 2.17 bits per heavy atom. The van der Waals surface area contributed by atoms with Gasteiger partial charge < -0.3 is 5.32 Å². The van der Waals surface area contributed by atoms with Crippen LogP contribution in [0.1, 0.15) is 29.0 Å². The number of hydrogen-bond donors (Lipinski definition) is 1. The smallest absolute Gasteiger partial charge is 0.123 e. The second-order valence-electron chi connectivity index (χ2n) is 4.12. The Balaban J connectivity index is 2.48. The SMILES string of the molecule is CCNC(c1cc(F)ccc1C)c1sccc1Br. The molecule has 18 heavy (non-hydrogen) atoms. The lowest BCUT2D eigenvalue weighted by Gasteiger charge is -2.20. The molecule has 0 saturated heterocycles. The minimum Gasteiger partial charge on any atom is -0.306 e. The van der Waals surface area contributed by atoms with Crippen LogP contribution in [0.15, 0.2) is 34.1 Å². The molecular weight excluding hydrogens is 313 g/mol. The van der Waals surface area contributed by atoms with E-state index in [9.17, 15) is 4.39 Å². The number of thiophene rings is 1. The molecule has 0 spiro atoms. The van der Waals surface area contributed by atoms with Crippen molar-refractivity contribution in [2.24, 2.45) is 0 Å². The molecule has 1 N–H and O–H groups in total. The van der Waals surface area contributed by atoms with Gasteiger partial charge in [-0.25, -0.2) is 4.39 Å². The fourth-order valence-electron chi connectivity index (χ4n) is 1.98. The Labute approximate surface area is 119 Å². The molecule has 1 aromatic carbocycles.